The largest absolute Gasteiger partial charge is 0.388 e. The van der Waals surface area contributed by atoms with Gasteiger partial charge in [0.1, 0.15) is 0 Å². The van der Waals surface area contributed by atoms with Crippen molar-refractivity contribution < 1.29 is 14.3 Å². The number of benzene rings is 3. The fourth-order valence-corrected chi connectivity index (χ4v) is 1.73. The number of hydrogen-bond donors (Lipinski definition) is 0. The van der Waals surface area contributed by atoms with Gasteiger partial charge >= 0.3 is 0 Å². The van der Waals surface area contributed by atoms with Crippen LogP contribution in [0.5, 0.6) is 0 Å². The molecular formula is C26H34O3. The second kappa shape index (κ2) is 21.3. The summed E-state index contributed by atoms with van der Waals surface area (Å²) in [5.41, 5.74) is 1.55. The van der Waals surface area contributed by atoms with Crippen LogP contribution in [0, 0.1) is 0 Å². The molecule has 29 heavy (non-hydrogen) atoms. The van der Waals surface area contributed by atoms with Crippen LogP contribution in [0.25, 0.3) is 0 Å². The van der Waals surface area contributed by atoms with E-state index in [0.29, 0.717) is 0 Å². The molecule has 0 bridgehead atoms. The molecule has 0 aliphatic carbocycles. The van der Waals surface area contributed by atoms with Crippen molar-refractivity contribution >= 4 is 11.6 Å². The monoisotopic (exact) mass is 394 g/mol. The minimum atomic E-state index is 0.121. The topological polar surface area (TPSA) is 43.4 Å². The molecule has 3 aromatic rings. The van der Waals surface area contributed by atoms with Crippen molar-refractivity contribution in [3.05, 3.63) is 108 Å². The number of carbonyl (C=O) groups is 2. The molecule has 3 rings (SSSR count). The highest BCUT2D eigenvalue weighted by Gasteiger charge is 1.93. The fraction of sp³-hybridized carbons (Fsp3) is 0.231. The number of rotatable bonds is 2. The van der Waals surface area contributed by atoms with Gasteiger partial charge in [0.25, 0.3) is 0 Å². The van der Waals surface area contributed by atoms with E-state index in [2.05, 4.69) is 4.74 Å². The molecule has 156 valence electrons. The Morgan fingerprint density at radius 3 is 0.828 bits per heavy atom. The molecule has 3 nitrogen and oxygen atoms in total. The van der Waals surface area contributed by atoms with Gasteiger partial charge in [-0.1, -0.05) is 111 Å². The van der Waals surface area contributed by atoms with Crippen LogP contribution in [-0.2, 0) is 4.74 Å². The van der Waals surface area contributed by atoms with Gasteiger partial charge in [0, 0.05) is 25.3 Å². The van der Waals surface area contributed by atoms with Gasteiger partial charge in [-0.05, 0) is 13.8 Å². The Kier molecular flexibility index (Phi) is 20.7. The smallest absolute Gasteiger partial charge is 0.159 e. The summed E-state index contributed by atoms with van der Waals surface area (Å²) in [6.45, 7) is 7.13. The van der Waals surface area contributed by atoms with E-state index in [4.69, 9.17) is 0 Å². The molecule has 0 unspecified atom stereocenters. The molecule has 0 saturated heterocycles. The number of ether oxygens (including phenoxy) is 1. The third-order valence-corrected chi connectivity index (χ3v) is 3.03. The second-order valence-corrected chi connectivity index (χ2v) is 5.41. The van der Waals surface area contributed by atoms with E-state index in [1.165, 1.54) is 0 Å². The van der Waals surface area contributed by atoms with E-state index in [9.17, 15) is 9.59 Å². The van der Waals surface area contributed by atoms with Crippen LogP contribution in [0.4, 0.5) is 0 Å². The number of Topliss-reactive ketones (excluding diaryl/α,β-unsaturated/α-hetero) is 2. The van der Waals surface area contributed by atoms with Crippen LogP contribution in [-0.4, -0.2) is 25.8 Å². The summed E-state index contributed by atoms with van der Waals surface area (Å²) in [6, 6.07) is 30.5. The summed E-state index contributed by atoms with van der Waals surface area (Å²) in [7, 11) is 3.25. The minimum absolute atomic E-state index is 0.121. The number of methoxy groups -OCH3 is 1. The molecule has 0 aliphatic heterocycles. The predicted molar refractivity (Wildman–Crippen MR) is 124 cm³/mol. The fourth-order valence-electron chi connectivity index (χ4n) is 1.73. The van der Waals surface area contributed by atoms with Crippen molar-refractivity contribution in [1.29, 1.82) is 0 Å². The van der Waals surface area contributed by atoms with Crippen molar-refractivity contribution in [1.82, 2.24) is 0 Å². The first kappa shape index (κ1) is 28.2. The van der Waals surface area contributed by atoms with Crippen molar-refractivity contribution in [3.63, 3.8) is 0 Å². The van der Waals surface area contributed by atoms with Gasteiger partial charge in [0.15, 0.2) is 11.6 Å². The standard InChI is InChI=1S/2C8H8O.C6H6.C2H6O.C2H6/c2*1-7(9)8-5-3-2-4-6-8;1-2-4-6-5-3-1;1-3-2;1-2/h2*2-6H,1H3;1-6H;1-2H3;1-2H3. The molecule has 0 saturated carbocycles. The highest BCUT2D eigenvalue weighted by molar-refractivity contribution is 5.94. The van der Waals surface area contributed by atoms with Crippen molar-refractivity contribution in [2.24, 2.45) is 0 Å². The van der Waals surface area contributed by atoms with Gasteiger partial charge in [-0.3, -0.25) is 9.59 Å². The van der Waals surface area contributed by atoms with E-state index in [0.717, 1.165) is 11.1 Å². The highest BCUT2D eigenvalue weighted by atomic mass is 16.4. The predicted octanol–water partition coefficient (Wildman–Crippen LogP) is 6.75. The molecule has 0 amide bonds. The first-order chi connectivity index (χ1) is 14.0. The molecule has 0 heterocycles. The normalized spacial score (nSPS) is 8.07. The first-order valence-electron chi connectivity index (χ1n) is 9.55. The molecule has 0 radical (unpaired) electrons. The molecule has 0 aliphatic rings. The summed E-state index contributed by atoms with van der Waals surface area (Å²) < 4.78 is 4.25. The van der Waals surface area contributed by atoms with E-state index in [1.54, 1.807) is 28.1 Å². The average molecular weight is 395 g/mol. The number of ketones is 2. The molecule has 3 aromatic carbocycles. The molecule has 0 N–H and O–H groups in total. The Balaban J connectivity index is 0. The maximum Gasteiger partial charge on any atom is 0.159 e. The zero-order valence-corrected chi connectivity index (χ0v) is 18.5. The van der Waals surface area contributed by atoms with E-state index >= 15 is 0 Å². The van der Waals surface area contributed by atoms with Gasteiger partial charge in [0.2, 0.25) is 0 Å². The second-order valence-electron chi connectivity index (χ2n) is 5.41. The Morgan fingerprint density at radius 1 is 0.517 bits per heavy atom. The Labute approximate surface area is 176 Å². The summed E-state index contributed by atoms with van der Waals surface area (Å²) in [6.07, 6.45) is 0. The maximum absolute atomic E-state index is 10.6. The van der Waals surface area contributed by atoms with Gasteiger partial charge < -0.3 is 4.74 Å². The Bertz CT molecular complexity index is 647. The molecule has 0 fully saturated rings. The summed E-state index contributed by atoms with van der Waals surface area (Å²) >= 11 is 0. The van der Waals surface area contributed by atoms with Crippen LogP contribution in [0.2, 0.25) is 0 Å². The number of hydrogen-bond acceptors (Lipinski definition) is 3. The Hall–Kier alpha value is -3.04. The quantitative estimate of drug-likeness (QED) is 0.451. The lowest BCUT2D eigenvalue weighted by molar-refractivity contribution is 0.100. The minimum Gasteiger partial charge on any atom is -0.388 e. The Morgan fingerprint density at radius 2 is 0.690 bits per heavy atom. The maximum atomic E-state index is 10.6. The van der Waals surface area contributed by atoms with Crippen molar-refractivity contribution in [2.75, 3.05) is 14.2 Å². The average Bonchev–Trinajstić information content (AvgIpc) is 2.79. The van der Waals surface area contributed by atoms with E-state index in [1.807, 2.05) is 111 Å². The van der Waals surface area contributed by atoms with E-state index in [-0.39, 0.29) is 11.6 Å². The zero-order chi connectivity index (χ0) is 22.3. The molecule has 0 spiro atoms. The summed E-state index contributed by atoms with van der Waals surface area (Å²) in [5, 5.41) is 0. The van der Waals surface area contributed by atoms with Crippen molar-refractivity contribution in [2.45, 2.75) is 27.7 Å². The van der Waals surface area contributed by atoms with E-state index < -0.39 is 0 Å². The lowest BCUT2D eigenvalue weighted by Crippen LogP contribution is -1.88. The van der Waals surface area contributed by atoms with Crippen LogP contribution in [0.3, 0.4) is 0 Å². The van der Waals surface area contributed by atoms with Crippen LogP contribution in [0.1, 0.15) is 48.4 Å². The molecule has 0 aromatic heterocycles. The summed E-state index contributed by atoms with van der Waals surface area (Å²) in [5.74, 6) is 0.242. The van der Waals surface area contributed by atoms with Crippen LogP contribution >= 0.6 is 0 Å². The first-order valence-corrected chi connectivity index (χ1v) is 9.55. The lowest BCUT2D eigenvalue weighted by Gasteiger charge is -1.89. The van der Waals surface area contributed by atoms with Gasteiger partial charge in [-0.2, -0.15) is 0 Å². The third kappa shape index (κ3) is 18.1. The molecule has 0 atom stereocenters. The van der Waals surface area contributed by atoms with Crippen LogP contribution < -0.4 is 0 Å². The summed E-state index contributed by atoms with van der Waals surface area (Å²) in [4.78, 5) is 21.3. The zero-order valence-electron chi connectivity index (χ0n) is 18.5. The number of carbonyl (C=O) groups excluding carboxylic acids is 2. The lowest BCUT2D eigenvalue weighted by atomic mass is 10.2. The molecule has 3 heteroatoms. The van der Waals surface area contributed by atoms with Gasteiger partial charge in [-0.25, -0.2) is 0 Å². The third-order valence-electron chi connectivity index (χ3n) is 3.03. The highest BCUT2D eigenvalue weighted by Crippen LogP contribution is 1.98. The van der Waals surface area contributed by atoms with Gasteiger partial charge in [-0.15, -0.1) is 0 Å². The van der Waals surface area contributed by atoms with Gasteiger partial charge in [0.05, 0.1) is 0 Å². The van der Waals surface area contributed by atoms with Crippen LogP contribution in [0.15, 0.2) is 97.1 Å². The van der Waals surface area contributed by atoms with Crippen molar-refractivity contribution in [3.8, 4) is 0 Å². The molecular weight excluding hydrogens is 360 g/mol. The SMILES string of the molecule is CC.CC(=O)c1ccccc1.CC(=O)c1ccccc1.COC.c1ccccc1.